The van der Waals surface area contributed by atoms with Crippen molar-refractivity contribution in [1.82, 2.24) is 4.81 Å². The van der Waals surface area contributed by atoms with Crippen LogP contribution in [0.25, 0.3) is 0 Å². The molecule has 1 aliphatic rings. The molecule has 1 unspecified atom stereocenters. The average molecular weight is 167 g/mol. The van der Waals surface area contributed by atoms with Gasteiger partial charge in [-0.3, -0.25) is 0 Å². The molecule has 0 saturated carbocycles. The fourth-order valence-corrected chi connectivity index (χ4v) is 2.22. The summed E-state index contributed by atoms with van der Waals surface area (Å²) in [6.07, 6.45) is 2.97. The molecule has 68 valence electrons. The van der Waals surface area contributed by atoms with Crippen molar-refractivity contribution in [3.63, 3.8) is 0 Å². The molecule has 0 radical (unpaired) electrons. The van der Waals surface area contributed by atoms with E-state index in [4.69, 9.17) is 0 Å². The molecular weight excluding hydrogens is 149 g/mol. The molecule has 3 heteroatoms. The Morgan fingerprint density at radius 2 is 2.33 bits per heavy atom. The SMILES string of the molecule is BN1CCC(CC=O)C(C)(C)C1. The first kappa shape index (κ1) is 9.78. The Hall–Kier alpha value is -0.305. The maximum Gasteiger partial charge on any atom is 0.185 e. The predicted octanol–water partition coefficient (Wildman–Crippen LogP) is 0.472. The molecule has 1 heterocycles. The van der Waals surface area contributed by atoms with E-state index >= 15 is 0 Å². The van der Waals surface area contributed by atoms with Gasteiger partial charge in [-0.05, 0) is 30.8 Å². The molecule has 0 amide bonds. The number of hydrogen-bond donors (Lipinski definition) is 0. The Morgan fingerprint density at radius 1 is 1.67 bits per heavy atom. The van der Waals surface area contributed by atoms with E-state index in [2.05, 4.69) is 26.6 Å². The van der Waals surface area contributed by atoms with Crippen molar-refractivity contribution in [3.05, 3.63) is 0 Å². The van der Waals surface area contributed by atoms with Gasteiger partial charge in [0.2, 0.25) is 0 Å². The van der Waals surface area contributed by atoms with E-state index in [1.165, 1.54) is 6.42 Å². The summed E-state index contributed by atoms with van der Waals surface area (Å²) in [4.78, 5) is 12.8. The second kappa shape index (κ2) is 3.61. The van der Waals surface area contributed by atoms with Crippen LogP contribution >= 0.6 is 0 Å². The summed E-state index contributed by atoms with van der Waals surface area (Å²) < 4.78 is 0. The fraction of sp³-hybridized carbons (Fsp3) is 0.889. The molecule has 1 fully saturated rings. The first-order chi connectivity index (χ1) is 5.56. The molecule has 1 atom stereocenters. The lowest BCUT2D eigenvalue weighted by Gasteiger charge is -2.42. The van der Waals surface area contributed by atoms with Crippen LogP contribution in [0.5, 0.6) is 0 Å². The number of nitrogens with zero attached hydrogens (tertiary/aromatic N) is 1. The third-order valence-electron chi connectivity index (χ3n) is 3.02. The molecule has 2 nitrogen and oxygen atoms in total. The zero-order valence-corrected chi connectivity index (χ0v) is 8.34. The van der Waals surface area contributed by atoms with Crippen molar-refractivity contribution < 1.29 is 4.79 Å². The molecule has 0 aromatic heterocycles. The van der Waals surface area contributed by atoms with Gasteiger partial charge in [0.05, 0.1) is 0 Å². The van der Waals surface area contributed by atoms with Gasteiger partial charge in [0.25, 0.3) is 0 Å². The zero-order chi connectivity index (χ0) is 9.19. The van der Waals surface area contributed by atoms with Crippen molar-refractivity contribution in [2.24, 2.45) is 11.3 Å². The van der Waals surface area contributed by atoms with E-state index < -0.39 is 0 Å². The highest BCUT2D eigenvalue weighted by atomic mass is 16.1. The summed E-state index contributed by atoms with van der Waals surface area (Å²) >= 11 is 0. The number of carbonyl (C=O) groups excluding carboxylic acids is 1. The summed E-state index contributed by atoms with van der Waals surface area (Å²) in [7, 11) is 2.15. The molecule has 1 saturated heterocycles. The largest absolute Gasteiger partial charge is 0.348 e. The third-order valence-corrected chi connectivity index (χ3v) is 3.02. The quantitative estimate of drug-likeness (QED) is 0.440. The number of aldehydes is 1. The van der Waals surface area contributed by atoms with Crippen LogP contribution in [0.2, 0.25) is 0 Å². The Balaban J connectivity index is 2.57. The van der Waals surface area contributed by atoms with Gasteiger partial charge in [-0.25, -0.2) is 0 Å². The minimum atomic E-state index is 0.313. The van der Waals surface area contributed by atoms with Crippen LogP contribution in [0.15, 0.2) is 0 Å². The standard InChI is InChI=1S/C9H18BNO/c1-9(2)7-11(10)5-3-8(9)4-6-12/h6,8H,3-5,7,10H2,1-2H3. The van der Waals surface area contributed by atoms with E-state index in [1.54, 1.807) is 0 Å². The molecule has 12 heavy (non-hydrogen) atoms. The lowest BCUT2D eigenvalue weighted by atomic mass is 9.72. The topological polar surface area (TPSA) is 20.3 Å². The van der Waals surface area contributed by atoms with E-state index in [0.717, 1.165) is 25.8 Å². The van der Waals surface area contributed by atoms with E-state index in [9.17, 15) is 4.79 Å². The van der Waals surface area contributed by atoms with Crippen molar-refractivity contribution in [2.75, 3.05) is 13.1 Å². The van der Waals surface area contributed by atoms with E-state index in [1.807, 2.05) is 0 Å². The van der Waals surface area contributed by atoms with Gasteiger partial charge < -0.3 is 9.61 Å². The third kappa shape index (κ3) is 2.10. The number of rotatable bonds is 2. The molecule has 1 rings (SSSR count). The number of hydrogen-bond acceptors (Lipinski definition) is 2. The Morgan fingerprint density at radius 3 is 2.83 bits per heavy atom. The molecule has 1 aliphatic heterocycles. The minimum absolute atomic E-state index is 0.313. The van der Waals surface area contributed by atoms with Gasteiger partial charge >= 0.3 is 0 Å². The minimum Gasteiger partial charge on any atom is -0.348 e. The summed E-state index contributed by atoms with van der Waals surface area (Å²) in [6.45, 7) is 6.78. The predicted molar refractivity (Wildman–Crippen MR) is 52.7 cm³/mol. The Bertz CT molecular complexity index is 170. The lowest BCUT2D eigenvalue weighted by molar-refractivity contribution is -0.110. The summed E-state index contributed by atoms with van der Waals surface area (Å²) in [5.74, 6) is 0.589. The van der Waals surface area contributed by atoms with Crippen molar-refractivity contribution >= 4 is 14.3 Å². The highest BCUT2D eigenvalue weighted by molar-refractivity contribution is 6.04. The first-order valence-electron chi connectivity index (χ1n) is 4.68. The summed E-state index contributed by atoms with van der Waals surface area (Å²) in [6, 6.07) is 0. The zero-order valence-electron chi connectivity index (χ0n) is 8.34. The molecule has 0 N–H and O–H groups in total. The van der Waals surface area contributed by atoms with Crippen molar-refractivity contribution in [2.45, 2.75) is 26.7 Å². The highest BCUT2D eigenvalue weighted by Gasteiger charge is 2.33. The second-order valence-corrected chi connectivity index (χ2v) is 4.61. The van der Waals surface area contributed by atoms with Gasteiger partial charge in [0.15, 0.2) is 7.98 Å². The summed E-state index contributed by atoms with van der Waals surface area (Å²) in [5.41, 5.74) is 0.313. The van der Waals surface area contributed by atoms with Crippen LogP contribution in [-0.4, -0.2) is 32.2 Å². The molecule has 0 aromatic carbocycles. The molecule has 0 spiro atoms. The Kier molecular flexibility index (Phi) is 2.94. The van der Waals surface area contributed by atoms with Crippen molar-refractivity contribution in [1.29, 1.82) is 0 Å². The van der Waals surface area contributed by atoms with Gasteiger partial charge in [-0.1, -0.05) is 13.8 Å². The number of carbonyl (C=O) groups is 1. The fourth-order valence-electron chi connectivity index (χ4n) is 2.22. The van der Waals surface area contributed by atoms with Crippen LogP contribution in [-0.2, 0) is 4.79 Å². The van der Waals surface area contributed by atoms with Gasteiger partial charge in [-0.15, -0.1) is 0 Å². The highest BCUT2D eigenvalue weighted by Crippen LogP contribution is 2.35. The van der Waals surface area contributed by atoms with Crippen LogP contribution in [0.4, 0.5) is 0 Å². The van der Waals surface area contributed by atoms with E-state index in [0.29, 0.717) is 11.3 Å². The maximum atomic E-state index is 10.4. The number of piperidine rings is 1. The molecular formula is C9H18BNO. The second-order valence-electron chi connectivity index (χ2n) is 4.61. The first-order valence-corrected chi connectivity index (χ1v) is 4.68. The van der Waals surface area contributed by atoms with Crippen LogP contribution in [0.1, 0.15) is 26.7 Å². The molecule has 0 aromatic rings. The van der Waals surface area contributed by atoms with Crippen LogP contribution in [0.3, 0.4) is 0 Å². The maximum absolute atomic E-state index is 10.4. The normalized spacial score (nSPS) is 30.0. The Labute approximate surface area is 75.7 Å². The van der Waals surface area contributed by atoms with Crippen molar-refractivity contribution in [3.8, 4) is 0 Å². The average Bonchev–Trinajstić information content (AvgIpc) is 1.94. The van der Waals surface area contributed by atoms with Gasteiger partial charge in [-0.2, -0.15) is 0 Å². The monoisotopic (exact) mass is 167 g/mol. The van der Waals surface area contributed by atoms with Crippen LogP contribution in [0, 0.1) is 11.3 Å². The smallest absolute Gasteiger partial charge is 0.185 e. The van der Waals surface area contributed by atoms with Gasteiger partial charge in [0.1, 0.15) is 6.29 Å². The summed E-state index contributed by atoms with van der Waals surface area (Å²) in [5, 5.41) is 0. The van der Waals surface area contributed by atoms with Crippen LogP contribution < -0.4 is 0 Å². The molecule has 0 aliphatic carbocycles. The lowest BCUT2D eigenvalue weighted by Crippen LogP contribution is -2.44. The van der Waals surface area contributed by atoms with E-state index in [-0.39, 0.29) is 0 Å². The molecule has 0 bridgehead atoms. The van der Waals surface area contributed by atoms with Gasteiger partial charge in [0, 0.05) is 6.42 Å².